The van der Waals surface area contributed by atoms with Crippen LogP contribution in [-0.4, -0.2) is 32.9 Å². The predicted molar refractivity (Wildman–Crippen MR) is 103 cm³/mol. The lowest BCUT2D eigenvalue weighted by Gasteiger charge is -2.13. The van der Waals surface area contributed by atoms with E-state index in [1.165, 1.54) is 11.8 Å². The van der Waals surface area contributed by atoms with Crippen LogP contribution in [0.1, 0.15) is 28.8 Å². The van der Waals surface area contributed by atoms with Crippen LogP contribution in [0.3, 0.4) is 0 Å². The molecule has 1 aliphatic rings. The Bertz CT molecular complexity index is 892. The van der Waals surface area contributed by atoms with Crippen LogP contribution < -0.4 is 11.0 Å². The van der Waals surface area contributed by atoms with Gasteiger partial charge in [-0.15, -0.1) is 0 Å². The molecule has 0 bridgehead atoms. The van der Waals surface area contributed by atoms with Crippen LogP contribution in [0.4, 0.5) is 5.69 Å². The summed E-state index contributed by atoms with van der Waals surface area (Å²) in [5.74, 6) is 0.0905. The highest BCUT2D eigenvalue weighted by atomic mass is 32.2. The van der Waals surface area contributed by atoms with E-state index in [2.05, 4.69) is 10.3 Å². The molecule has 2 aromatic rings. The maximum Gasteiger partial charge on any atom is 0.348 e. The number of thioether (sulfide) groups is 1. The largest absolute Gasteiger partial charge is 0.395 e. The van der Waals surface area contributed by atoms with Gasteiger partial charge in [0.05, 0.1) is 18.9 Å². The fourth-order valence-electron chi connectivity index (χ4n) is 3.23. The van der Waals surface area contributed by atoms with E-state index in [-0.39, 0.29) is 30.5 Å². The molecule has 0 saturated carbocycles. The number of aromatic nitrogens is 2. The minimum absolute atomic E-state index is 0.0846. The third kappa shape index (κ3) is 3.99. The van der Waals surface area contributed by atoms with Crippen LogP contribution in [0.15, 0.2) is 28.0 Å². The van der Waals surface area contributed by atoms with Crippen LogP contribution in [0.25, 0.3) is 0 Å². The van der Waals surface area contributed by atoms with Gasteiger partial charge < -0.3 is 10.4 Å². The van der Waals surface area contributed by atoms with Crippen molar-refractivity contribution in [2.75, 3.05) is 17.7 Å². The molecular weight excluding hydrogens is 350 g/mol. The van der Waals surface area contributed by atoms with Crippen LogP contribution in [-0.2, 0) is 24.2 Å². The summed E-state index contributed by atoms with van der Waals surface area (Å²) < 4.78 is 1.56. The molecule has 138 valence electrons. The first-order valence-corrected chi connectivity index (χ1v) is 9.71. The van der Waals surface area contributed by atoms with Crippen molar-refractivity contribution in [3.63, 3.8) is 0 Å². The molecule has 7 heteroatoms. The topological polar surface area (TPSA) is 84.2 Å². The number of hydrogen-bond acceptors (Lipinski definition) is 5. The van der Waals surface area contributed by atoms with Gasteiger partial charge in [-0.25, -0.2) is 4.79 Å². The Morgan fingerprint density at radius 3 is 2.92 bits per heavy atom. The number of anilines is 1. The van der Waals surface area contributed by atoms with Crippen molar-refractivity contribution in [1.82, 2.24) is 9.55 Å². The number of carbonyl (C=O) groups is 1. The summed E-state index contributed by atoms with van der Waals surface area (Å²) >= 11 is 1.31. The summed E-state index contributed by atoms with van der Waals surface area (Å²) in [6.07, 6.45) is 2.64. The monoisotopic (exact) mass is 373 g/mol. The molecule has 26 heavy (non-hydrogen) atoms. The Morgan fingerprint density at radius 1 is 1.35 bits per heavy atom. The molecule has 3 rings (SSSR count). The van der Waals surface area contributed by atoms with E-state index < -0.39 is 0 Å². The van der Waals surface area contributed by atoms with Crippen LogP contribution >= 0.6 is 11.8 Å². The Labute approximate surface area is 156 Å². The second-order valence-electron chi connectivity index (χ2n) is 6.51. The molecule has 0 spiro atoms. The molecule has 1 aromatic carbocycles. The lowest BCUT2D eigenvalue weighted by molar-refractivity contribution is -0.113. The quantitative estimate of drug-likeness (QED) is 0.598. The number of fused-ring (bicyclic) bond motifs is 1. The van der Waals surface area contributed by atoms with Gasteiger partial charge in [0.1, 0.15) is 5.03 Å². The summed E-state index contributed by atoms with van der Waals surface area (Å²) in [7, 11) is 0. The first-order valence-electron chi connectivity index (χ1n) is 8.73. The molecule has 0 saturated heterocycles. The second-order valence-corrected chi connectivity index (χ2v) is 7.47. The Kier molecular flexibility index (Phi) is 5.78. The number of nitrogens with zero attached hydrogens (tertiary/aromatic N) is 2. The standard InChI is InChI=1S/C19H23N3O3S/c1-12-6-7-13(2)15(10-12)20-17(24)11-26-18-14-4-3-5-16(14)22(8-9-23)19(25)21-18/h6-7,10,23H,3-5,8-9,11H2,1-2H3,(H,20,24). The molecule has 1 amide bonds. The number of amides is 1. The lowest BCUT2D eigenvalue weighted by Crippen LogP contribution is -2.28. The molecule has 1 aliphatic carbocycles. The zero-order valence-corrected chi connectivity index (χ0v) is 15.9. The SMILES string of the molecule is Cc1ccc(C)c(NC(=O)CSc2nc(=O)n(CCO)c3c2CCC3)c1. The molecular formula is C19H23N3O3S. The zero-order valence-electron chi connectivity index (χ0n) is 15.0. The van der Waals surface area contributed by atoms with Crippen molar-refractivity contribution in [2.45, 2.75) is 44.7 Å². The third-order valence-corrected chi connectivity index (χ3v) is 5.55. The number of aliphatic hydroxyl groups is 1. The van der Waals surface area contributed by atoms with Crippen LogP contribution in [0, 0.1) is 13.8 Å². The molecule has 0 radical (unpaired) electrons. The van der Waals surface area contributed by atoms with Crippen LogP contribution in [0.2, 0.25) is 0 Å². The molecule has 1 aromatic heterocycles. The summed E-state index contributed by atoms with van der Waals surface area (Å²) in [6, 6.07) is 5.94. The summed E-state index contributed by atoms with van der Waals surface area (Å²) in [4.78, 5) is 28.7. The fraction of sp³-hybridized carbons (Fsp3) is 0.421. The zero-order chi connectivity index (χ0) is 18.7. The van der Waals surface area contributed by atoms with Gasteiger partial charge in [-0.05, 0) is 50.3 Å². The highest BCUT2D eigenvalue weighted by Gasteiger charge is 2.22. The van der Waals surface area contributed by atoms with Crippen molar-refractivity contribution in [3.8, 4) is 0 Å². The van der Waals surface area contributed by atoms with Gasteiger partial charge in [-0.3, -0.25) is 9.36 Å². The van der Waals surface area contributed by atoms with E-state index in [9.17, 15) is 9.59 Å². The summed E-state index contributed by atoms with van der Waals surface area (Å²) in [5.41, 5.74) is 4.56. The lowest BCUT2D eigenvalue weighted by atomic mass is 10.1. The summed E-state index contributed by atoms with van der Waals surface area (Å²) in [5, 5.41) is 12.7. The van der Waals surface area contributed by atoms with E-state index in [0.717, 1.165) is 47.3 Å². The Morgan fingerprint density at radius 2 is 2.15 bits per heavy atom. The highest BCUT2D eigenvalue weighted by Crippen LogP contribution is 2.29. The maximum atomic E-state index is 12.3. The number of aliphatic hydroxyl groups excluding tert-OH is 1. The molecule has 6 nitrogen and oxygen atoms in total. The van der Waals surface area contributed by atoms with Gasteiger partial charge in [0.15, 0.2) is 0 Å². The Hall–Kier alpha value is -2.12. The average molecular weight is 373 g/mol. The van der Waals surface area contributed by atoms with Gasteiger partial charge in [0.2, 0.25) is 5.91 Å². The van der Waals surface area contributed by atoms with Gasteiger partial charge in [-0.1, -0.05) is 23.9 Å². The fourth-order valence-corrected chi connectivity index (χ4v) is 4.10. The van der Waals surface area contributed by atoms with Crippen molar-refractivity contribution >= 4 is 23.4 Å². The number of benzene rings is 1. The maximum absolute atomic E-state index is 12.3. The number of nitrogens with one attached hydrogen (secondary N) is 1. The van der Waals surface area contributed by atoms with Crippen molar-refractivity contribution in [1.29, 1.82) is 0 Å². The molecule has 0 atom stereocenters. The second kappa shape index (κ2) is 8.05. The molecule has 0 unspecified atom stereocenters. The van der Waals surface area contributed by atoms with E-state index in [0.29, 0.717) is 5.03 Å². The van der Waals surface area contributed by atoms with Crippen molar-refractivity contribution in [2.24, 2.45) is 0 Å². The van der Waals surface area contributed by atoms with Gasteiger partial charge >= 0.3 is 5.69 Å². The number of hydrogen-bond donors (Lipinski definition) is 2. The van der Waals surface area contributed by atoms with Crippen LogP contribution in [0.5, 0.6) is 0 Å². The molecule has 0 fully saturated rings. The number of carbonyl (C=O) groups excluding carboxylic acids is 1. The van der Waals surface area contributed by atoms with E-state index >= 15 is 0 Å². The van der Waals surface area contributed by atoms with E-state index in [1.54, 1.807) is 4.57 Å². The first-order chi connectivity index (χ1) is 12.5. The minimum Gasteiger partial charge on any atom is -0.395 e. The molecule has 0 aliphatic heterocycles. The first kappa shape index (κ1) is 18.7. The van der Waals surface area contributed by atoms with E-state index in [1.807, 2.05) is 32.0 Å². The minimum atomic E-state index is -0.350. The smallest absolute Gasteiger partial charge is 0.348 e. The number of rotatable bonds is 6. The van der Waals surface area contributed by atoms with Gasteiger partial charge in [0.25, 0.3) is 0 Å². The van der Waals surface area contributed by atoms with Crippen molar-refractivity contribution in [3.05, 3.63) is 51.1 Å². The third-order valence-electron chi connectivity index (χ3n) is 4.53. The van der Waals surface area contributed by atoms with Gasteiger partial charge in [-0.2, -0.15) is 4.98 Å². The Balaban J connectivity index is 1.73. The van der Waals surface area contributed by atoms with E-state index in [4.69, 9.17) is 5.11 Å². The summed E-state index contributed by atoms with van der Waals surface area (Å²) in [6.45, 7) is 4.13. The van der Waals surface area contributed by atoms with Crippen molar-refractivity contribution < 1.29 is 9.90 Å². The average Bonchev–Trinajstić information content (AvgIpc) is 3.09. The normalized spacial score (nSPS) is 12.9. The van der Waals surface area contributed by atoms with Gasteiger partial charge in [0, 0.05) is 16.9 Å². The predicted octanol–water partition coefficient (Wildman–Crippen LogP) is 2.07. The number of aryl methyl sites for hydroxylation is 2. The molecule has 1 heterocycles. The molecule has 2 N–H and O–H groups in total. The highest BCUT2D eigenvalue weighted by molar-refractivity contribution is 8.00.